The molecule has 2 aromatic rings. The van der Waals surface area contributed by atoms with Gasteiger partial charge in [0.15, 0.2) is 0 Å². The molecule has 1 aromatic carbocycles. The van der Waals surface area contributed by atoms with E-state index in [4.69, 9.17) is 16.3 Å². The Morgan fingerprint density at radius 3 is 2.94 bits per heavy atom. The summed E-state index contributed by atoms with van der Waals surface area (Å²) in [7, 11) is 1.59. The smallest absolute Gasteiger partial charge is 0.265 e. The predicted octanol–water partition coefficient (Wildman–Crippen LogP) is 3.46. The zero-order chi connectivity index (χ0) is 12.7. The van der Waals surface area contributed by atoms with Gasteiger partial charge in [-0.25, -0.2) is 0 Å². The van der Waals surface area contributed by atoms with Crippen molar-refractivity contribution in [1.29, 1.82) is 0 Å². The third-order valence-electron chi connectivity index (χ3n) is 2.93. The minimum atomic E-state index is -0.0494. The van der Waals surface area contributed by atoms with E-state index in [2.05, 4.69) is 5.32 Å². The number of carbonyl (C=O) groups is 1. The highest BCUT2D eigenvalue weighted by molar-refractivity contribution is 7.21. The molecule has 5 heteroatoms. The number of amides is 1. The van der Waals surface area contributed by atoms with Crippen molar-refractivity contribution in [2.24, 2.45) is 0 Å². The maximum absolute atomic E-state index is 12.1. The summed E-state index contributed by atoms with van der Waals surface area (Å²) in [6.07, 6.45) is 2.15. The predicted molar refractivity (Wildman–Crippen MR) is 73.9 cm³/mol. The van der Waals surface area contributed by atoms with Gasteiger partial charge in [0.1, 0.15) is 10.6 Å². The minimum absolute atomic E-state index is 0.0494. The number of hydrogen-bond acceptors (Lipinski definition) is 3. The second-order valence-electron chi connectivity index (χ2n) is 4.35. The second kappa shape index (κ2) is 4.44. The summed E-state index contributed by atoms with van der Waals surface area (Å²) < 4.78 is 6.34. The van der Waals surface area contributed by atoms with E-state index in [1.807, 2.05) is 18.2 Å². The normalized spacial score (nSPS) is 14.8. The third kappa shape index (κ3) is 2.06. The summed E-state index contributed by atoms with van der Waals surface area (Å²) >= 11 is 7.38. The molecule has 1 aliphatic rings. The summed E-state index contributed by atoms with van der Waals surface area (Å²) in [4.78, 5) is 12.7. The zero-order valence-corrected chi connectivity index (χ0v) is 11.4. The molecule has 94 valence electrons. The van der Waals surface area contributed by atoms with Crippen LogP contribution in [0.3, 0.4) is 0 Å². The maximum Gasteiger partial charge on any atom is 0.265 e. The van der Waals surface area contributed by atoms with Crippen LogP contribution in [0.15, 0.2) is 18.2 Å². The molecular formula is C13H12ClNO2S. The fraction of sp³-hybridized carbons (Fsp3) is 0.308. The van der Waals surface area contributed by atoms with Crippen LogP contribution in [0.4, 0.5) is 0 Å². The standard InChI is InChI=1S/C13H12ClNO2S/c1-17-11-9-5-2-7(14)6-10(9)18-12(11)13(16)15-8-3-4-8/h2,5-6,8H,3-4H2,1H3,(H,15,16). The lowest BCUT2D eigenvalue weighted by Gasteiger charge is -2.03. The lowest BCUT2D eigenvalue weighted by Crippen LogP contribution is -2.24. The van der Waals surface area contributed by atoms with Crippen LogP contribution < -0.4 is 10.1 Å². The fourth-order valence-electron chi connectivity index (χ4n) is 1.88. The number of carbonyl (C=O) groups excluding carboxylic acids is 1. The Balaban J connectivity index is 2.06. The second-order valence-corrected chi connectivity index (χ2v) is 5.84. The highest BCUT2D eigenvalue weighted by atomic mass is 35.5. The highest BCUT2D eigenvalue weighted by Gasteiger charge is 2.27. The van der Waals surface area contributed by atoms with Crippen LogP contribution >= 0.6 is 22.9 Å². The molecule has 1 aromatic heterocycles. The van der Waals surface area contributed by atoms with E-state index in [9.17, 15) is 4.79 Å². The number of rotatable bonds is 3. The van der Waals surface area contributed by atoms with Crippen molar-refractivity contribution in [2.75, 3.05) is 7.11 Å². The van der Waals surface area contributed by atoms with E-state index in [0.717, 1.165) is 22.9 Å². The van der Waals surface area contributed by atoms with E-state index in [1.165, 1.54) is 11.3 Å². The Labute approximate surface area is 114 Å². The number of halogens is 1. The molecular weight excluding hydrogens is 270 g/mol. The van der Waals surface area contributed by atoms with Crippen molar-refractivity contribution in [3.05, 3.63) is 28.1 Å². The van der Waals surface area contributed by atoms with Crippen LogP contribution in [0.1, 0.15) is 22.5 Å². The van der Waals surface area contributed by atoms with Gasteiger partial charge < -0.3 is 10.1 Å². The van der Waals surface area contributed by atoms with Gasteiger partial charge in [-0.05, 0) is 31.0 Å². The Kier molecular flexibility index (Phi) is 2.92. The minimum Gasteiger partial charge on any atom is -0.494 e. The number of fused-ring (bicyclic) bond motifs is 1. The molecule has 18 heavy (non-hydrogen) atoms. The molecule has 1 amide bonds. The highest BCUT2D eigenvalue weighted by Crippen LogP contribution is 2.39. The Morgan fingerprint density at radius 2 is 2.28 bits per heavy atom. The van der Waals surface area contributed by atoms with Gasteiger partial charge in [0.05, 0.1) is 7.11 Å². The molecule has 1 fully saturated rings. The molecule has 1 aliphatic carbocycles. The lowest BCUT2D eigenvalue weighted by atomic mass is 10.2. The van der Waals surface area contributed by atoms with Crippen molar-refractivity contribution in [3.63, 3.8) is 0 Å². The van der Waals surface area contributed by atoms with Gasteiger partial charge in [0.25, 0.3) is 5.91 Å². The van der Waals surface area contributed by atoms with Crippen LogP contribution in [0, 0.1) is 0 Å². The van der Waals surface area contributed by atoms with Crippen LogP contribution in [-0.2, 0) is 0 Å². The molecule has 3 rings (SSSR count). The average Bonchev–Trinajstić information content (AvgIpc) is 3.07. The lowest BCUT2D eigenvalue weighted by molar-refractivity contribution is 0.0952. The van der Waals surface area contributed by atoms with Crippen LogP contribution in [-0.4, -0.2) is 19.1 Å². The quantitative estimate of drug-likeness (QED) is 0.936. The van der Waals surface area contributed by atoms with Crippen molar-refractivity contribution >= 4 is 38.9 Å². The molecule has 3 nitrogen and oxygen atoms in total. The Hall–Kier alpha value is -1.26. The van der Waals surface area contributed by atoms with Gasteiger partial charge in [-0.2, -0.15) is 0 Å². The van der Waals surface area contributed by atoms with Crippen molar-refractivity contribution in [3.8, 4) is 5.75 Å². The van der Waals surface area contributed by atoms with Gasteiger partial charge in [-0.1, -0.05) is 11.6 Å². The molecule has 0 unspecified atom stereocenters. The maximum atomic E-state index is 12.1. The summed E-state index contributed by atoms with van der Waals surface area (Å²) in [6.45, 7) is 0. The first-order valence-corrected chi connectivity index (χ1v) is 6.95. The van der Waals surface area contributed by atoms with Crippen molar-refractivity contribution in [2.45, 2.75) is 18.9 Å². The first kappa shape index (κ1) is 11.8. The number of hydrogen-bond donors (Lipinski definition) is 1. The summed E-state index contributed by atoms with van der Waals surface area (Å²) in [5.41, 5.74) is 0. The number of methoxy groups -OCH3 is 1. The Morgan fingerprint density at radius 1 is 1.50 bits per heavy atom. The number of thiophene rings is 1. The number of nitrogens with one attached hydrogen (secondary N) is 1. The molecule has 1 N–H and O–H groups in total. The molecule has 0 aliphatic heterocycles. The van der Waals surface area contributed by atoms with E-state index in [0.29, 0.717) is 21.7 Å². The molecule has 1 saturated carbocycles. The molecule has 0 radical (unpaired) electrons. The van der Waals surface area contributed by atoms with Gasteiger partial charge in [-0.3, -0.25) is 4.79 Å². The summed E-state index contributed by atoms with van der Waals surface area (Å²) in [5, 5.41) is 4.58. The average molecular weight is 282 g/mol. The molecule has 1 heterocycles. The first-order valence-electron chi connectivity index (χ1n) is 5.76. The topological polar surface area (TPSA) is 38.3 Å². The van der Waals surface area contributed by atoms with E-state index >= 15 is 0 Å². The number of ether oxygens (including phenoxy) is 1. The molecule has 0 spiro atoms. The van der Waals surface area contributed by atoms with Crippen LogP contribution in [0.5, 0.6) is 5.75 Å². The van der Waals surface area contributed by atoms with E-state index < -0.39 is 0 Å². The molecule has 0 saturated heterocycles. The van der Waals surface area contributed by atoms with Crippen molar-refractivity contribution in [1.82, 2.24) is 5.32 Å². The van der Waals surface area contributed by atoms with Crippen molar-refractivity contribution < 1.29 is 9.53 Å². The first-order chi connectivity index (χ1) is 8.69. The summed E-state index contributed by atoms with van der Waals surface area (Å²) in [5.74, 6) is 0.594. The summed E-state index contributed by atoms with van der Waals surface area (Å²) in [6, 6.07) is 5.90. The van der Waals surface area contributed by atoms with E-state index in [-0.39, 0.29) is 5.91 Å². The number of benzene rings is 1. The monoisotopic (exact) mass is 281 g/mol. The van der Waals surface area contributed by atoms with Gasteiger partial charge in [0.2, 0.25) is 0 Å². The van der Waals surface area contributed by atoms with Gasteiger partial charge >= 0.3 is 0 Å². The van der Waals surface area contributed by atoms with Crippen LogP contribution in [0.25, 0.3) is 10.1 Å². The van der Waals surface area contributed by atoms with Gasteiger partial charge in [-0.15, -0.1) is 11.3 Å². The molecule has 0 bridgehead atoms. The van der Waals surface area contributed by atoms with Crippen LogP contribution in [0.2, 0.25) is 5.02 Å². The van der Waals surface area contributed by atoms with Gasteiger partial charge in [0, 0.05) is 21.2 Å². The third-order valence-corrected chi connectivity index (χ3v) is 4.30. The SMILES string of the molecule is COc1c(C(=O)NC2CC2)sc2cc(Cl)ccc12. The zero-order valence-electron chi connectivity index (χ0n) is 9.83. The molecule has 0 atom stereocenters. The Bertz CT molecular complexity index is 619. The van der Waals surface area contributed by atoms with E-state index in [1.54, 1.807) is 7.11 Å². The largest absolute Gasteiger partial charge is 0.494 e. The fourth-order valence-corrected chi connectivity index (χ4v) is 3.23.